The number of hydrogen-bond acceptors (Lipinski definition) is 6. The molecule has 1 heterocycles. The molecule has 2 aromatic rings. The monoisotopic (exact) mass is 516 g/mol. The minimum absolute atomic E-state index is 0. The summed E-state index contributed by atoms with van der Waals surface area (Å²) in [4.78, 5) is 27.6. The maximum absolute atomic E-state index is 13.0. The van der Waals surface area contributed by atoms with Crippen LogP contribution in [-0.4, -0.2) is 42.1 Å². The highest BCUT2D eigenvalue weighted by atomic mass is 35.5. The summed E-state index contributed by atoms with van der Waals surface area (Å²) in [5.41, 5.74) is 2.97. The fourth-order valence-electron chi connectivity index (χ4n) is 4.62. The van der Waals surface area contributed by atoms with Gasteiger partial charge in [0.1, 0.15) is 11.6 Å². The minimum Gasteiger partial charge on any atom is -0.478 e. The number of sulfone groups is 1. The predicted octanol–water partition coefficient (Wildman–Crippen LogP) is 4.88. The lowest BCUT2D eigenvalue weighted by Gasteiger charge is -2.16. The van der Waals surface area contributed by atoms with Gasteiger partial charge in [-0.2, -0.15) is 0 Å². The zero-order valence-corrected chi connectivity index (χ0v) is 20.9. The highest BCUT2D eigenvalue weighted by Crippen LogP contribution is 2.46. The Bertz CT molecular complexity index is 1270. The van der Waals surface area contributed by atoms with Crippen LogP contribution in [0.5, 0.6) is 0 Å². The molecule has 5 rings (SSSR count). The van der Waals surface area contributed by atoms with Gasteiger partial charge >= 0.3 is 5.97 Å². The van der Waals surface area contributed by atoms with E-state index in [-0.39, 0.29) is 40.8 Å². The molecular weight excluding hydrogens is 488 g/mol. The fourth-order valence-corrected chi connectivity index (χ4v) is 6.54. The highest BCUT2D eigenvalue weighted by molar-refractivity contribution is 7.92. The van der Waals surface area contributed by atoms with Crippen LogP contribution in [0.3, 0.4) is 0 Å². The number of aromatic nitrogens is 1. The van der Waals surface area contributed by atoms with Gasteiger partial charge in [0.15, 0.2) is 9.84 Å². The van der Waals surface area contributed by atoms with E-state index in [2.05, 4.69) is 16.4 Å². The Labute approximate surface area is 211 Å². The number of carbonyl (C=O) groups excluding carboxylic acids is 1. The van der Waals surface area contributed by atoms with Crippen molar-refractivity contribution >= 4 is 45.4 Å². The molecule has 0 spiro atoms. The number of aromatic carboxylic acids is 1. The van der Waals surface area contributed by atoms with Crippen LogP contribution < -0.4 is 5.32 Å². The number of nitrogens with zero attached hydrogens (tertiary/aromatic N) is 1. The summed E-state index contributed by atoms with van der Waals surface area (Å²) < 4.78 is 26.0. The first kappa shape index (κ1) is 25.4. The van der Waals surface area contributed by atoms with Crippen molar-refractivity contribution in [3.63, 3.8) is 0 Å². The molecule has 7 nitrogen and oxygen atoms in total. The number of pyridine rings is 1. The van der Waals surface area contributed by atoms with E-state index in [1.54, 1.807) is 12.1 Å². The van der Waals surface area contributed by atoms with E-state index in [0.717, 1.165) is 48.8 Å². The lowest BCUT2D eigenvalue weighted by Crippen LogP contribution is -2.12. The highest BCUT2D eigenvalue weighted by Gasteiger charge is 2.40. The number of benzene rings is 1. The molecule has 0 bridgehead atoms. The van der Waals surface area contributed by atoms with Gasteiger partial charge in [-0.15, -0.1) is 12.4 Å². The molecule has 3 saturated carbocycles. The van der Waals surface area contributed by atoms with E-state index in [1.165, 1.54) is 12.3 Å². The molecule has 2 N–H and O–H groups in total. The number of hydrogen-bond donors (Lipinski definition) is 2. The predicted molar refractivity (Wildman–Crippen MR) is 136 cm³/mol. The number of carboxylic acids is 1. The number of allylic oxidation sites excluding steroid dienone is 1. The van der Waals surface area contributed by atoms with Gasteiger partial charge in [0.2, 0.25) is 0 Å². The first-order valence-electron chi connectivity index (χ1n) is 11.8. The van der Waals surface area contributed by atoms with Gasteiger partial charge in [-0.25, -0.2) is 18.2 Å². The Balaban J connectivity index is 0.00000289. The molecular formula is C26H29ClN2O5S. The molecule has 1 aromatic carbocycles. The number of nitrogens with one attached hydrogen (secondary N) is 1. The number of carbonyl (C=O) groups is 2. The molecule has 186 valence electrons. The topological polar surface area (TPSA) is 113 Å². The molecule has 0 saturated heterocycles. The van der Waals surface area contributed by atoms with Crippen LogP contribution in [0.2, 0.25) is 0 Å². The maximum atomic E-state index is 13.0. The van der Waals surface area contributed by atoms with Crippen molar-refractivity contribution in [3.05, 3.63) is 59.3 Å². The Kier molecular flexibility index (Phi) is 7.33. The average Bonchev–Trinajstić information content (AvgIpc) is 3.74. The van der Waals surface area contributed by atoms with Crippen molar-refractivity contribution < 1.29 is 23.1 Å². The Morgan fingerprint density at radius 1 is 1.09 bits per heavy atom. The Morgan fingerprint density at radius 2 is 1.83 bits per heavy atom. The van der Waals surface area contributed by atoms with Crippen LogP contribution in [0.4, 0.5) is 5.82 Å². The van der Waals surface area contributed by atoms with Crippen molar-refractivity contribution in [1.82, 2.24) is 4.98 Å². The second kappa shape index (κ2) is 10.1. The summed E-state index contributed by atoms with van der Waals surface area (Å²) in [5, 5.41) is 12.1. The van der Waals surface area contributed by atoms with Crippen molar-refractivity contribution in [1.29, 1.82) is 0 Å². The summed E-state index contributed by atoms with van der Waals surface area (Å²) in [5.74, 6) is 0.235. The van der Waals surface area contributed by atoms with Gasteiger partial charge in [-0.1, -0.05) is 12.1 Å². The first-order chi connectivity index (χ1) is 16.3. The largest absolute Gasteiger partial charge is 0.478 e. The molecule has 0 radical (unpaired) electrons. The molecule has 3 aliphatic rings. The van der Waals surface area contributed by atoms with E-state index in [0.29, 0.717) is 30.1 Å². The summed E-state index contributed by atoms with van der Waals surface area (Å²) in [6.07, 6.45) is 8.87. The number of ketones is 1. The van der Waals surface area contributed by atoms with Gasteiger partial charge in [0, 0.05) is 25.6 Å². The second-order valence-corrected chi connectivity index (χ2v) is 11.8. The molecule has 0 amide bonds. The van der Waals surface area contributed by atoms with Crippen LogP contribution in [0.1, 0.15) is 72.3 Å². The van der Waals surface area contributed by atoms with Crippen LogP contribution in [0.25, 0.3) is 5.57 Å². The third-order valence-electron chi connectivity index (χ3n) is 6.86. The van der Waals surface area contributed by atoms with Crippen LogP contribution >= 0.6 is 12.4 Å². The lowest BCUT2D eigenvalue weighted by molar-refractivity contribution is -0.117. The van der Waals surface area contributed by atoms with E-state index < -0.39 is 15.8 Å². The summed E-state index contributed by atoms with van der Waals surface area (Å²) in [6.45, 7) is 0.433. The zero-order valence-electron chi connectivity index (χ0n) is 19.3. The number of anilines is 1. The molecule has 0 aliphatic heterocycles. The number of rotatable bonds is 9. The van der Waals surface area contributed by atoms with Crippen molar-refractivity contribution in [3.8, 4) is 0 Å². The van der Waals surface area contributed by atoms with E-state index in [9.17, 15) is 18.0 Å². The summed E-state index contributed by atoms with van der Waals surface area (Å²) >= 11 is 0. The van der Waals surface area contributed by atoms with Crippen molar-refractivity contribution in [2.24, 2.45) is 5.92 Å². The molecule has 3 fully saturated rings. The average molecular weight is 517 g/mol. The minimum atomic E-state index is -3.28. The van der Waals surface area contributed by atoms with Crippen molar-refractivity contribution in [2.45, 2.75) is 61.0 Å². The van der Waals surface area contributed by atoms with Crippen LogP contribution in [-0.2, 0) is 14.6 Å². The quantitative estimate of drug-likeness (QED) is 0.488. The molecule has 35 heavy (non-hydrogen) atoms. The van der Waals surface area contributed by atoms with Crippen LogP contribution in [0.15, 0.2) is 47.5 Å². The fraction of sp³-hybridized carbons (Fsp3) is 0.423. The van der Waals surface area contributed by atoms with E-state index >= 15 is 0 Å². The molecule has 3 aliphatic carbocycles. The lowest BCUT2D eigenvalue weighted by atomic mass is 9.96. The third kappa shape index (κ3) is 5.76. The summed E-state index contributed by atoms with van der Waals surface area (Å²) in [6, 6.07) is 8.80. The third-order valence-corrected chi connectivity index (χ3v) is 9.19. The standard InChI is InChI=1S/C26H28N2O5S.ClH/c29-21-6-1-16(12-21)11-20(15-28-25-10-5-19(14-27-25)26(30)31)18-4-9-24(23(13-18)17-2-3-17)34(32,33)22-7-8-22;/h4-5,9-11,13-14,16-17,22H,1-3,6-8,12,15H2,(H,27,28)(H,30,31);1H/b20-11-;/t16-;/m1./s1. The maximum Gasteiger partial charge on any atom is 0.337 e. The van der Waals surface area contributed by atoms with Gasteiger partial charge in [-0.3, -0.25) is 4.79 Å². The SMILES string of the molecule is Cl.O=C1CC[C@H](/C=C(/CNc2ccc(C(=O)O)cn2)c2ccc(S(=O)(=O)C3CC3)c(C3CC3)c2)C1. The smallest absolute Gasteiger partial charge is 0.337 e. The summed E-state index contributed by atoms with van der Waals surface area (Å²) in [7, 11) is -3.28. The van der Waals surface area contributed by atoms with Crippen LogP contribution in [0, 0.1) is 5.92 Å². The van der Waals surface area contributed by atoms with Crippen molar-refractivity contribution in [2.75, 3.05) is 11.9 Å². The molecule has 0 unspecified atom stereocenters. The van der Waals surface area contributed by atoms with E-state index in [4.69, 9.17) is 5.11 Å². The van der Waals surface area contributed by atoms with Gasteiger partial charge in [0.25, 0.3) is 0 Å². The molecule has 9 heteroatoms. The number of carboxylic acid groups (broad SMARTS) is 1. The van der Waals surface area contributed by atoms with Gasteiger partial charge in [0.05, 0.1) is 15.7 Å². The van der Waals surface area contributed by atoms with Gasteiger partial charge in [-0.05, 0) is 84.9 Å². The Hall–Kier alpha value is -2.71. The molecule has 1 atom stereocenters. The first-order valence-corrected chi connectivity index (χ1v) is 13.4. The van der Waals surface area contributed by atoms with E-state index in [1.807, 2.05) is 12.1 Å². The molecule has 1 aromatic heterocycles. The number of halogens is 1. The Morgan fingerprint density at radius 3 is 2.40 bits per heavy atom. The normalized spacial score (nSPS) is 20.4. The zero-order chi connectivity index (χ0) is 23.9. The number of Topliss-reactive ketones (excluding diaryl/α,β-unsaturated/α-hetero) is 1. The second-order valence-electron chi connectivity index (χ2n) is 9.60. The van der Waals surface area contributed by atoms with Gasteiger partial charge < -0.3 is 10.4 Å².